The predicted octanol–water partition coefficient (Wildman–Crippen LogP) is 2.98. The molecule has 0 saturated carbocycles. The summed E-state index contributed by atoms with van der Waals surface area (Å²) in [5.74, 6) is 0.287. The molecule has 0 amide bonds. The van der Waals surface area contributed by atoms with E-state index < -0.39 is 11.7 Å². The molecule has 0 radical (unpaired) electrons. The number of morpholine rings is 1. The first-order chi connectivity index (χ1) is 9.99. The van der Waals surface area contributed by atoms with Crippen LogP contribution in [0.2, 0.25) is 0 Å². The molecule has 0 aliphatic carbocycles. The Bertz CT molecular complexity index is 457. The van der Waals surface area contributed by atoms with Crippen LogP contribution in [0.1, 0.15) is 18.1 Å². The number of hydrogen-bond acceptors (Lipinski definition) is 3. The molecular formula is C15H20F3NO2. The van der Waals surface area contributed by atoms with Crippen LogP contribution in [0, 0.1) is 0 Å². The molecule has 2 rings (SSSR count). The zero-order chi connectivity index (χ0) is 15.3. The zero-order valence-electron chi connectivity index (χ0n) is 12.1. The number of aryl methyl sites for hydroxylation is 1. The largest absolute Gasteiger partial charge is 0.492 e. The van der Waals surface area contributed by atoms with E-state index in [9.17, 15) is 13.2 Å². The molecule has 1 saturated heterocycles. The Balaban J connectivity index is 1.95. The fourth-order valence-corrected chi connectivity index (χ4v) is 2.23. The molecule has 0 atom stereocenters. The maximum absolute atomic E-state index is 12.8. The second kappa shape index (κ2) is 7.13. The number of hydrogen-bond donors (Lipinski definition) is 0. The van der Waals surface area contributed by atoms with Gasteiger partial charge >= 0.3 is 6.18 Å². The Kier molecular flexibility index (Phi) is 5.47. The van der Waals surface area contributed by atoms with Gasteiger partial charge in [-0.1, -0.05) is 6.92 Å². The topological polar surface area (TPSA) is 21.7 Å². The van der Waals surface area contributed by atoms with Crippen LogP contribution in [-0.4, -0.2) is 44.4 Å². The van der Waals surface area contributed by atoms with Crippen molar-refractivity contribution in [3.05, 3.63) is 29.3 Å². The number of alkyl halides is 3. The smallest absolute Gasteiger partial charge is 0.416 e. The van der Waals surface area contributed by atoms with Gasteiger partial charge in [-0.05, 0) is 30.2 Å². The summed E-state index contributed by atoms with van der Waals surface area (Å²) in [7, 11) is 0. The van der Waals surface area contributed by atoms with Crippen molar-refractivity contribution < 1.29 is 22.6 Å². The highest BCUT2D eigenvalue weighted by Gasteiger charge is 2.31. The molecule has 1 aromatic rings. The fraction of sp³-hybridized carbons (Fsp3) is 0.600. The second-order valence-corrected chi connectivity index (χ2v) is 5.02. The number of nitrogens with zero attached hydrogens (tertiary/aromatic N) is 1. The third-order valence-corrected chi connectivity index (χ3v) is 3.48. The fourth-order valence-electron chi connectivity index (χ4n) is 2.23. The van der Waals surface area contributed by atoms with Gasteiger partial charge in [-0.3, -0.25) is 4.90 Å². The van der Waals surface area contributed by atoms with Gasteiger partial charge in [0, 0.05) is 19.6 Å². The lowest BCUT2D eigenvalue weighted by molar-refractivity contribution is -0.137. The molecule has 1 aliphatic heterocycles. The van der Waals surface area contributed by atoms with Crippen molar-refractivity contribution in [2.75, 3.05) is 39.5 Å². The van der Waals surface area contributed by atoms with Gasteiger partial charge < -0.3 is 9.47 Å². The summed E-state index contributed by atoms with van der Waals surface area (Å²) in [4.78, 5) is 2.18. The number of benzene rings is 1. The zero-order valence-corrected chi connectivity index (χ0v) is 12.1. The minimum Gasteiger partial charge on any atom is -0.492 e. The minimum absolute atomic E-state index is 0.287. The lowest BCUT2D eigenvalue weighted by atomic mass is 10.1. The molecule has 6 heteroatoms. The quantitative estimate of drug-likeness (QED) is 0.835. The van der Waals surface area contributed by atoms with Gasteiger partial charge in [0.05, 0.1) is 18.8 Å². The van der Waals surface area contributed by atoms with E-state index in [1.165, 1.54) is 6.07 Å². The van der Waals surface area contributed by atoms with Crippen molar-refractivity contribution in [2.24, 2.45) is 0 Å². The summed E-state index contributed by atoms with van der Waals surface area (Å²) < 4.78 is 49.2. The SMILES string of the molecule is CCc1cc(OCCN2CCOCC2)cc(C(F)(F)F)c1. The third-order valence-electron chi connectivity index (χ3n) is 3.48. The van der Waals surface area contributed by atoms with Crippen molar-refractivity contribution in [1.29, 1.82) is 0 Å². The summed E-state index contributed by atoms with van der Waals surface area (Å²) in [6.45, 7) is 5.98. The molecule has 0 spiro atoms. The average molecular weight is 303 g/mol. The minimum atomic E-state index is -4.34. The van der Waals surface area contributed by atoms with E-state index in [1.54, 1.807) is 6.07 Å². The van der Waals surface area contributed by atoms with Gasteiger partial charge in [0.2, 0.25) is 0 Å². The van der Waals surface area contributed by atoms with Gasteiger partial charge in [0.15, 0.2) is 0 Å². The molecule has 0 unspecified atom stereocenters. The highest BCUT2D eigenvalue weighted by Crippen LogP contribution is 2.32. The Labute approximate surface area is 122 Å². The summed E-state index contributed by atoms with van der Waals surface area (Å²) in [6, 6.07) is 3.92. The van der Waals surface area contributed by atoms with Crippen LogP contribution in [-0.2, 0) is 17.3 Å². The van der Waals surface area contributed by atoms with Crippen LogP contribution < -0.4 is 4.74 Å². The Hall–Kier alpha value is -1.27. The highest BCUT2D eigenvalue weighted by atomic mass is 19.4. The van der Waals surface area contributed by atoms with Crippen molar-refractivity contribution in [3.8, 4) is 5.75 Å². The normalized spacial score (nSPS) is 17.0. The second-order valence-electron chi connectivity index (χ2n) is 5.02. The van der Waals surface area contributed by atoms with Gasteiger partial charge in [-0.15, -0.1) is 0 Å². The summed E-state index contributed by atoms with van der Waals surface area (Å²) in [5, 5.41) is 0. The van der Waals surface area contributed by atoms with E-state index in [-0.39, 0.29) is 5.75 Å². The van der Waals surface area contributed by atoms with Crippen molar-refractivity contribution >= 4 is 0 Å². The molecule has 1 fully saturated rings. The molecular weight excluding hydrogens is 283 g/mol. The number of rotatable bonds is 5. The monoisotopic (exact) mass is 303 g/mol. The van der Waals surface area contributed by atoms with Crippen molar-refractivity contribution in [1.82, 2.24) is 4.90 Å². The number of ether oxygens (including phenoxy) is 2. The van der Waals surface area contributed by atoms with E-state index >= 15 is 0 Å². The molecule has 1 heterocycles. The molecule has 21 heavy (non-hydrogen) atoms. The van der Waals surface area contributed by atoms with E-state index in [0.717, 1.165) is 19.2 Å². The van der Waals surface area contributed by atoms with Crippen molar-refractivity contribution in [3.63, 3.8) is 0 Å². The van der Waals surface area contributed by atoms with Crippen LogP contribution in [0.25, 0.3) is 0 Å². The number of halogens is 3. The van der Waals surface area contributed by atoms with E-state index in [0.29, 0.717) is 38.3 Å². The maximum Gasteiger partial charge on any atom is 0.416 e. The molecule has 1 aliphatic rings. The first kappa shape index (κ1) is 16.1. The standard InChI is InChI=1S/C15H20F3NO2/c1-2-12-9-13(15(16,17)18)11-14(10-12)21-8-5-19-3-6-20-7-4-19/h9-11H,2-8H2,1H3. The van der Waals surface area contributed by atoms with Gasteiger partial charge in [-0.25, -0.2) is 0 Å². The summed E-state index contributed by atoms with van der Waals surface area (Å²) in [6.07, 6.45) is -3.79. The highest BCUT2D eigenvalue weighted by molar-refractivity contribution is 5.36. The maximum atomic E-state index is 12.8. The first-order valence-corrected chi connectivity index (χ1v) is 7.13. The van der Waals surface area contributed by atoms with Gasteiger partial charge in [0.1, 0.15) is 12.4 Å². The lowest BCUT2D eigenvalue weighted by Gasteiger charge is -2.26. The first-order valence-electron chi connectivity index (χ1n) is 7.13. The van der Waals surface area contributed by atoms with E-state index in [4.69, 9.17) is 9.47 Å². The molecule has 3 nitrogen and oxygen atoms in total. The van der Waals surface area contributed by atoms with Gasteiger partial charge in [0.25, 0.3) is 0 Å². The summed E-state index contributed by atoms with van der Waals surface area (Å²) >= 11 is 0. The predicted molar refractivity (Wildman–Crippen MR) is 73.6 cm³/mol. The van der Waals surface area contributed by atoms with Crippen LogP contribution in [0.5, 0.6) is 5.75 Å². The molecule has 1 aromatic carbocycles. The molecule has 118 valence electrons. The Morgan fingerprint density at radius 2 is 1.90 bits per heavy atom. The van der Waals surface area contributed by atoms with Crippen LogP contribution in [0.4, 0.5) is 13.2 Å². The van der Waals surface area contributed by atoms with Gasteiger partial charge in [-0.2, -0.15) is 13.2 Å². The van der Waals surface area contributed by atoms with Crippen molar-refractivity contribution in [2.45, 2.75) is 19.5 Å². The van der Waals surface area contributed by atoms with Crippen LogP contribution in [0.3, 0.4) is 0 Å². The Morgan fingerprint density at radius 3 is 2.52 bits per heavy atom. The molecule has 0 bridgehead atoms. The van der Waals surface area contributed by atoms with E-state index in [1.807, 2.05) is 6.92 Å². The lowest BCUT2D eigenvalue weighted by Crippen LogP contribution is -2.38. The molecule has 0 N–H and O–H groups in total. The Morgan fingerprint density at radius 1 is 1.19 bits per heavy atom. The average Bonchev–Trinajstić information content (AvgIpc) is 2.47. The summed E-state index contributed by atoms with van der Waals surface area (Å²) in [5.41, 5.74) is -0.0191. The third kappa shape index (κ3) is 4.89. The van der Waals surface area contributed by atoms with Crippen LogP contribution >= 0.6 is 0 Å². The molecule has 0 aromatic heterocycles. The van der Waals surface area contributed by atoms with E-state index in [2.05, 4.69) is 4.90 Å². The van der Waals surface area contributed by atoms with Crippen LogP contribution in [0.15, 0.2) is 18.2 Å².